The van der Waals surface area contributed by atoms with E-state index in [-0.39, 0.29) is 17.3 Å². The third-order valence-corrected chi connectivity index (χ3v) is 6.97. The van der Waals surface area contributed by atoms with E-state index in [4.69, 9.17) is 4.74 Å². The van der Waals surface area contributed by atoms with E-state index in [1.165, 1.54) is 12.1 Å². The summed E-state index contributed by atoms with van der Waals surface area (Å²) in [6, 6.07) is 14.9. The minimum Gasteiger partial charge on any atom is -0.381 e. The van der Waals surface area contributed by atoms with Gasteiger partial charge in [-0.2, -0.15) is 8.42 Å². The van der Waals surface area contributed by atoms with Gasteiger partial charge in [-0.1, -0.05) is 18.2 Å². The summed E-state index contributed by atoms with van der Waals surface area (Å²) in [6.07, 6.45) is 3.21. The monoisotopic (exact) mass is 509 g/mol. The van der Waals surface area contributed by atoms with Crippen molar-refractivity contribution in [2.24, 2.45) is 0 Å². The fourth-order valence-corrected chi connectivity index (χ4v) is 4.65. The average molecular weight is 510 g/mol. The van der Waals surface area contributed by atoms with Gasteiger partial charge >= 0.3 is 0 Å². The molecule has 0 amide bonds. The Balaban J connectivity index is 1.82. The molecular weight excluding hydrogens is 481 g/mol. The molecule has 0 atom stereocenters. The lowest BCUT2D eigenvalue weighted by molar-refractivity contribution is 0.123. The van der Waals surface area contributed by atoms with Crippen molar-refractivity contribution in [1.29, 1.82) is 0 Å². The topological polar surface area (TPSA) is 91.7 Å². The maximum absolute atomic E-state index is 14.0. The van der Waals surface area contributed by atoms with Crippen LogP contribution in [-0.2, 0) is 35.3 Å². The van der Waals surface area contributed by atoms with Crippen LogP contribution in [0.3, 0.4) is 0 Å². The van der Waals surface area contributed by atoms with Crippen LogP contribution in [0.4, 0.5) is 4.39 Å². The van der Waals surface area contributed by atoms with E-state index in [9.17, 15) is 21.2 Å². The number of nitrogens with zero attached hydrogens (tertiary/aromatic N) is 1. The van der Waals surface area contributed by atoms with Crippen molar-refractivity contribution in [1.82, 2.24) is 4.57 Å². The van der Waals surface area contributed by atoms with Crippen molar-refractivity contribution in [2.75, 3.05) is 32.3 Å². The van der Waals surface area contributed by atoms with Gasteiger partial charge in [0.25, 0.3) is 10.1 Å². The molecule has 0 aliphatic heterocycles. The van der Waals surface area contributed by atoms with Crippen LogP contribution >= 0.6 is 0 Å². The SMILES string of the molecule is Cc1c(CCOCCCOS(C)(=O)=O)cc(-c2ccc(S(C)(=O)=O)cc2)n1-c1cccc(F)c1. The molecule has 7 nitrogen and oxygen atoms in total. The summed E-state index contributed by atoms with van der Waals surface area (Å²) in [7, 11) is -6.77. The lowest BCUT2D eigenvalue weighted by atomic mass is 10.1. The number of rotatable bonds is 11. The molecule has 0 bridgehead atoms. The van der Waals surface area contributed by atoms with Gasteiger partial charge < -0.3 is 9.30 Å². The first-order valence-corrected chi connectivity index (χ1v) is 14.4. The molecule has 0 aliphatic carbocycles. The molecule has 0 spiro atoms. The zero-order valence-corrected chi connectivity index (χ0v) is 21.0. The quantitative estimate of drug-likeness (QED) is 0.287. The highest BCUT2D eigenvalue weighted by atomic mass is 32.2. The van der Waals surface area contributed by atoms with Crippen LogP contribution in [0.1, 0.15) is 17.7 Å². The van der Waals surface area contributed by atoms with E-state index in [1.807, 2.05) is 23.6 Å². The van der Waals surface area contributed by atoms with Gasteiger partial charge in [-0.3, -0.25) is 4.18 Å². The zero-order valence-electron chi connectivity index (χ0n) is 19.3. The van der Waals surface area contributed by atoms with Crippen molar-refractivity contribution in [3.8, 4) is 16.9 Å². The Morgan fingerprint density at radius 1 is 0.912 bits per heavy atom. The van der Waals surface area contributed by atoms with Gasteiger partial charge in [-0.15, -0.1) is 0 Å². The Morgan fingerprint density at radius 2 is 1.62 bits per heavy atom. The predicted octanol–water partition coefficient (Wildman–Crippen LogP) is 3.92. The number of hydrogen-bond acceptors (Lipinski definition) is 6. The molecule has 0 radical (unpaired) electrons. The molecule has 0 N–H and O–H groups in total. The van der Waals surface area contributed by atoms with Crippen molar-refractivity contribution >= 4 is 20.0 Å². The second kappa shape index (κ2) is 10.8. The fourth-order valence-electron chi connectivity index (χ4n) is 3.60. The lowest BCUT2D eigenvalue weighted by Crippen LogP contribution is -2.08. The molecule has 0 unspecified atom stereocenters. The number of halogens is 1. The Hall–Kier alpha value is -2.53. The number of sulfone groups is 1. The van der Waals surface area contributed by atoms with Gasteiger partial charge in [0.15, 0.2) is 9.84 Å². The lowest BCUT2D eigenvalue weighted by Gasteiger charge is -2.13. The minimum absolute atomic E-state index is 0.0709. The van der Waals surface area contributed by atoms with Crippen molar-refractivity contribution < 1.29 is 30.1 Å². The number of hydrogen-bond donors (Lipinski definition) is 0. The van der Waals surface area contributed by atoms with E-state index >= 15 is 0 Å². The fraction of sp³-hybridized carbons (Fsp3) is 0.333. The molecule has 0 fully saturated rings. The molecule has 2 aromatic carbocycles. The molecule has 1 aromatic heterocycles. The van der Waals surface area contributed by atoms with Crippen LogP contribution in [0.25, 0.3) is 16.9 Å². The molecule has 1 heterocycles. The van der Waals surface area contributed by atoms with E-state index in [1.54, 1.807) is 30.3 Å². The molecular formula is C24H28FNO6S2. The van der Waals surface area contributed by atoms with E-state index in [0.717, 1.165) is 35.0 Å². The van der Waals surface area contributed by atoms with Crippen LogP contribution in [-0.4, -0.2) is 53.7 Å². The molecule has 184 valence electrons. The van der Waals surface area contributed by atoms with Crippen molar-refractivity contribution in [3.05, 3.63) is 71.7 Å². The van der Waals surface area contributed by atoms with E-state index < -0.39 is 20.0 Å². The molecule has 3 aromatic rings. The highest BCUT2D eigenvalue weighted by Crippen LogP contribution is 2.31. The maximum Gasteiger partial charge on any atom is 0.264 e. The molecule has 0 saturated carbocycles. The average Bonchev–Trinajstić information content (AvgIpc) is 3.08. The van der Waals surface area contributed by atoms with Crippen LogP contribution in [0.2, 0.25) is 0 Å². The molecule has 0 aliphatic rings. The van der Waals surface area contributed by atoms with Crippen molar-refractivity contribution in [2.45, 2.75) is 24.7 Å². The first-order chi connectivity index (χ1) is 16.0. The first kappa shape index (κ1) is 26.1. The van der Waals surface area contributed by atoms with Gasteiger partial charge in [-0.25, -0.2) is 12.8 Å². The number of benzene rings is 2. The summed E-state index contributed by atoms with van der Waals surface area (Å²) in [5.41, 5.74) is 4.17. The summed E-state index contributed by atoms with van der Waals surface area (Å²) >= 11 is 0. The normalized spacial score (nSPS) is 12.2. The maximum atomic E-state index is 14.0. The Kier molecular flexibility index (Phi) is 8.29. The highest BCUT2D eigenvalue weighted by molar-refractivity contribution is 7.90. The Morgan fingerprint density at radius 3 is 2.24 bits per heavy atom. The van der Waals surface area contributed by atoms with Crippen molar-refractivity contribution in [3.63, 3.8) is 0 Å². The largest absolute Gasteiger partial charge is 0.381 e. The zero-order chi connectivity index (χ0) is 24.9. The number of ether oxygens (including phenoxy) is 1. The third-order valence-electron chi connectivity index (χ3n) is 5.24. The highest BCUT2D eigenvalue weighted by Gasteiger charge is 2.16. The van der Waals surface area contributed by atoms with Gasteiger partial charge in [0.1, 0.15) is 5.82 Å². The first-order valence-electron chi connectivity index (χ1n) is 10.7. The molecule has 0 saturated heterocycles. The van der Waals surface area contributed by atoms with Gasteiger partial charge in [-0.05, 0) is 67.3 Å². The summed E-state index contributed by atoms with van der Waals surface area (Å²) < 4.78 is 71.9. The standard InChI is InChI=1S/C24H28FNO6S2/c1-18-20(12-15-31-13-5-14-32-34(3,29)30)16-24(26(18)22-7-4-6-21(25)17-22)19-8-10-23(11-9-19)33(2,27)28/h4,6-11,16-17H,5,12-15H2,1-3H3. The van der Waals surface area contributed by atoms with Gasteiger partial charge in [0.2, 0.25) is 0 Å². The van der Waals surface area contributed by atoms with Crippen LogP contribution in [0.5, 0.6) is 0 Å². The van der Waals surface area contributed by atoms with Crippen LogP contribution in [0.15, 0.2) is 59.5 Å². The molecule has 3 rings (SSSR count). The predicted molar refractivity (Wildman–Crippen MR) is 129 cm³/mol. The Bertz CT molecular complexity index is 1350. The minimum atomic E-state index is -3.45. The third kappa shape index (κ3) is 6.99. The number of aromatic nitrogens is 1. The Labute approximate surface area is 200 Å². The second-order valence-electron chi connectivity index (χ2n) is 7.99. The molecule has 10 heteroatoms. The molecule has 34 heavy (non-hydrogen) atoms. The van der Waals surface area contributed by atoms with Crippen LogP contribution in [0, 0.1) is 12.7 Å². The summed E-state index contributed by atoms with van der Waals surface area (Å²) in [6.45, 7) is 2.79. The summed E-state index contributed by atoms with van der Waals surface area (Å²) in [5, 5.41) is 0. The van der Waals surface area contributed by atoms with E-state index in [2.05, 4.69) is 4.18 Å². The second-order valence-corrected chi connectivity index (χ2v) is 11.7. The van der Waals surface area contributed by atoms with Gasteiger partial charge in [0, 0.05) is 24.2 Å². The summed E-state index contributed by atoms with van der Waals surface area (Å²) in [4.78, 5) is 0.227. The van der Waals surface area contributed by atoms with E-state index in [0.29, 0.717) is 31.7 Å². The summed E-state index contributed by atoms with van der Waals surface area (Å²) in [5.74, 6) is -0.356. The van der Waals surface area contributed by atoms with Gasteiger partial charge in [0.05, 0.1) is 30.1 Å². The smallest absolute Gasteiger partial charge is 0.264 e. The van der Waals surface area contributed by atoms with Crippen LogP contribution < -0.4 is 0 Å².